The van der Waals surface area contributed by atoms with Crippen molar-refractivity contribution in [2.75, 3.05) is 59.5 Å². The third-order valence-electron chi connectivity index (χ3n) is 8.53. The summed E-state index contributed by atoms with van der Waals surface area (Å²) < 4.78 is 4.84. The maximum Gasteiger partial charge on any atom is 0.250 e. The van der Waals surface area contributed by atoms with Crippen LogP contribution in [0.25, 0.3) is 0 Å². The van der Waals surface area contributed by atoms with Crippen LogP contribution in [0, 0.1) is 11.8 Å². The molecule has 4 bridgehead atoms. The summed E-state index contributed by atoms with van der Waals surface area (Å²) in [4.78, 5) is 26.0. The Kier molecular flexibility index (Phi) is 8.76. The Morgan fingerprint density at radius 2 is 1.42 bits per heavy atom. The van der Waals surface area contributed by atoms with E-state index in [1.54, 1.807) is 12.1 Å². The Balaban J connectivity index is 0.000000165. The van der Waals surface area contributed by atoms with Crippen LogP contribution < -0.4 is 35.1 Å². The average Bonchev–Trinajstić information content (AvgIpc) is 2.81. The summed E-state index contributed by atoms with van der Waals surface area (Å²) in [7, 11) is 2.23. The van der Waals surface area contributed by atoms with Crippen LogP contribution in [-0.2, 0) is 13.1 Å². The molecule has 9 heteroatoms. The first-order valence-electron chi connectivity index (χ1n) is 13.1. The Bertz CT molecular complexity index is 1170. The maximum atomic E-state index is 11.9. The number of pyridine rings is 2. The van der Waals surface area contributed by atoms with Crippen molar-refractivity contribution in [3.63, 3.8) is 0 Å². The van der Waals surface area contributed by atoms with Gasteiger partial charge in [0.15, 0.2) is 0 Å². The molecule has 2 N–H and O–H groups in total. The molecule has 0 radical (unpaired) electrons. The zero-order chi connectivity index (χ0) is 24.6. The molecule has 2 fully saturated rings. The van der Waals surface area contributed by atoms with Gasteiger partial charge in [0.25, 0.3) is 11.1 Å². The maximum absolute atomic E-state index is 11.9. The van der Waals surface area contributed by atoms with E-state index in [2.05, 4.69) is 24.1 Å². The predicted molar refractivity (Wildman–Crippen MR) is 134 cm³/mol. The number of hydrogen-bond acceptors (Lipinski definition) is 5. The van der Waals surface area contributed by atoms with E-state index in [0.717, 1.165) is 56.8 Å². The van der Waals surface area contributed by atoms with Crippen molar-refractivity contribution in [3.05, 3.63) is 68.5 Å². The van der Waals surface area contributed by atoms with E-state index in [9.17, 15) is 14.7 Å². The van der Waals surface area contributed by atoms with Crippen LogP contribution in [0.15, 0.2) is 46.0 Å². The molecule has 4 aliphatic heterocycles. The highest BCUT2D eigenvalue weighted by atomic mass is 127. The summed E-state index contributed by atoms with van der Waals surface area (Å²) in [6, 6.07) is 11.2. The third kappa shape index (κ3) is 5.65. The number of β-amino-alcohol motifs (C(OH)–C–C–N with tert-alkyl or cyclic N) is 1. The Morgan fingerprint density at radius 3 is 2.06 bits per heavy atom. The van der Waals surface area contributed by atoms with Gasteiger partial charge in [-0.3, -0.25) is 9.59 Å². The number of aliphatic hydroxyl groups excluding tert-OH is 2. The van der Waals surface area contributed by atoms with Crippen molar-refractivity contribution in [2.24, 2.45) is 11.8 Å². The normalized spacial score (nSPS) is 30.2. The molecular formula is C27H39IN4O4. The number of halogens is 1. The first-order valence-corrected chi connectivity index (χ1v) is 13.1. The third-order valence-corrected chi connectivity index (χ3v) is 8.53. The van der Waals surface area contributed by atoms with Crippen LogP contribution in [0.5, 0.6) is 0 Å². The molecule has 0 aliphatic carbocycles. The lowest BCUT2D eigenvalue weighted by Crippen LogP contribution is -3.00. The van der Waals surface area contributed by atoms with Crippen molar-refractivity contribution >= 4 is 0 Å². The highest BCUT2D eigenvalue weighted by Crippen LogP contribution is 2.37. The first kappa shape index (κ1) is 27.5. The molecule has 8 nitrogen and oxygen atoms in total. The second-order valence-electron chi connectivity index (χ2n) is 11.3. The number of likely N-dealkylation sites (N-methyl/N-ethyl adjacent to an activating group) is 1. The minimum Gasteiger partial charge on any atom is -1.00 e. The van der Waals surface area contributed by atoms with Gasteiger partial charge < -0.3 is 52.7 Å². The van der Waals surface area contributed by atoms with Gasteiger partial charge >= 0.3 is 0 Å². The largest absolute Gasteiger partial charge is 1.00 e. The molecule has 5 atom stereocenters. The molecule has 6 rings (SSSR count). The number of rotatable bonds is 4. The molecule has 0 spiro atoms. The molecule has 0 saturated carbocycles. The minimum atomic E-state index is 0. The fourth-order valence-electron chi connectivity index (χ4n) is 7.22. The summed E-state index contributed by atoms with van der Waals surface area (Å²) in [5.74, 6) is 2.08. The molecule has 0 amide bonds. The molecule has 4 aliphatic rings. The Morgan fingerprint density at radius 1 is 0.806 bits per heavy atom. The number of hydrogen-bond donors (Lipinski definition) is 2. The highest BCUT2D eigenvalue weighted by Gasteiger charge is 2.41. The van der Waals surface area contributed by atoms with E-state index in [1.165, 1.54) is 24.2 Å². The van der Waals surface area contributed by atoms with E-state index in [4.69, 9.17) is 5.11 Å². The van der Waals surface area contributed by atoms with Gasteiger partial charge in [0, 0.05) is 74.0 Å². The second kappa shape index (κ2) is 11.5. The number of nitrogens with zero attached hydrogens (tertiary/aromatic N) is 4. The number of quaternary nitrogens is 1. The van der Waals surface area contributed by atoms with Crippen LogP contribution in [0.1, 0.15) is 36.1 Å². The SMILES string of the molecule is C[N+]1(CCO)CC2CC(C1)c1cccc(=O)n1C2.O=c1cccc2n1CC1CC2CN(CCO)C1.[I-]. The molecular weight excluding hydrogens is 571 g/mol. The predicted octanol–water partition coefficient (Wildman–Crippen LogP) is -2.33. The van der Waals surface area contributed by atoms with Gasteiger partial charge in [-0.2, -0.15) is 0 Å². The summed E-state index contributed by atoms with van der Waals surface area (Å²) >= 11 is 0. The fourth-order valence-corrected chi connectivity index (χ4v) is 7.22. The smallest absolute Gasteiger partial charge is 0.250 e. The highest BCUT2D eigenvalue weighted by molar-refractivity contribution is 5.17. The summed E-state index contributed by atoms with van der Waals surface area (Å²) in [5, 5.41) is 18.2. The van der Waals surface area contributed by atoms with Crippen LogP contribution >= 0.6 is 0 Å². The van der Waals surface area contributed by atoms with Gasteiger partial charge in [-0.25, -0.2) is 0 Å². The van der Waals surface area contributed by atoms with E-state index in [-0.39, 0.29) is 48.3 Å². The van der Waals surface area contributed by atoms with Crippen LogP contribution in [0.3, 0.4) is 0 Å². The zero-order valence-corrected chi connectivity index (χ0v) is 23.3. The van der Waals surface area contributed by atoms with Gasteiger partial charge in [-0.05, 0) is 30.9 Å². The summed E-state index contributed by atoms with van der Waals surface area (Å²) in [6.07, 6.45) is 2.38. The zero-order valence-electron chi connectivity index (χ0n) is 21.1. The Labute approximate surface area is 229 Å². The van der Waals surface area contributed by atoms with Gasteiger partial charge in [0.05, 0.1) is 33.4 Å². The van der Waals surface area contributed by atoms with Crippen molar-refractivity contribution in [3.8, 4) is 0 Å². The average molecular weight is 611 g/mol. The van der Waals surface area contributed by atoms with E-state index < -0.39 is 0 Å². The van der Waals surface area contributed by atoms with Gasteiger partial charge in [0.1, 0.15) is 6.54 Å². The topological polar surface area (TPSA) is 87.7 Å². The van der Waals surface area contributed by atoms with Crippen molar-refractivity contribution < 1.29 is 38.7 Å². The fraction of sp³-hybridized carbons (Fsp3) is 0.630. The van der Waals surface area contributed by atoms with E-state index >= 15 is 0 Å². The molecule has 5 unspecified atom stereocenters. The lowest BCUT2D eigenvalue weighted by atomic mass is 9.82. The molecule has 2 aromatic heterocycles. The second-order valence-corrected chi connectivity index (χ2v) is 11.3. The van der Waals surface area contributed by atoms with Crippen LogP contribution in [0.4, 0.5) is 0 Å². The minimum absolute atomic E-state index is 0. The number of fused-ring (bicyclic) bond motifs is 8. The van der Waals surface area contributed by atoms with E-state index in [0.29, 0.717) is 23.7 Å². The van der Waals surface area contributed by atoms with Crippen molar-refractivity contribution in [1.29, 1.82) is 0 Å². The monoisotopic (exact) mass is 610 g/mol. The van der Waals surface area contributed by atoms with E-state index in [1.807, 2.05) is 21.3 Å². The number of likely N-dealkylation sites (tertiary alicyclic amines) is 2. The quantitative estimate of drug-likeness (QED) is 0.300. The van der Waals surface area contributed by atoms with Crippen molar-refractivity contribution in [2.45, 2.75) is 37.8 Å². The lowest BCUT2D eigenvalue weighted by molar-refractivity contribution is -0.920. The Hall–Kier alpha value is -1.53. The molecule has 0 aromatic carbocycles. The molecule has 36 heavy (non-hydrogen) atoms. The molecule has 6 heterocycles. The first-order chi connectivity index (χ1) is 16.9. The van der Waals surface area contributed by atoms with Crippen molar-refractivity contribution in [1.82, 2.24) is 14.0 Å². The van der Waals surface area contributed by atoms with Crippen LogP contribution in [0.2, 0.25) is 0 Å². The van der Waals surface area contributed by atoms with Gasteiger partial charge in [-0.1, -0.05) is 12.1 Å². The molecule has 2 saturated heterocycles. The number of aromatic nitrogens is 2. The molecule has 2 aromatic rings. The van der Waals surface area contributed by atoms with Gasteiger partial charge in [0.2, 0.25) is 0 Å². The standard InChI is InChI=1S/C14H21N2O2.C13H18N2O2.HI/c1-16(5-6-17)9-11-7-12(10-16)13-3-2-4-14(18)15(13)8-11;16-5-4-14-7-10-6-11(9-14)12-2-1-3-13(17)15(12)8-10;/h2-4,11-12,17H,5-10H2,1H3;1-3,10-11,16H,4-9H2;1H/q+1;;/p-1. The van der Waals surface area contributed by atoms with Gasteiger partial charge in [-0.15, -0.1) is 0 Å². The van der Waals surface area contributed by atoms with Crippen LogP contribution in [-0.4, -0.2) is 88.3 Å². The summed E-state index contributed by atoms with van der Waals surface area (Å²) in [6.45, 7) is 7.85. The summed E-state index contributed by atoms with van der Waals surface area (Å²) in [5.41, 5.74) is 2.64. The number of piperidine rings is 2. The molecule has 198 valence electrons. The lowest BCUT2D eigenvalue weighted by Gasteiger charge is -2.47. The number of aliphatic hydroxyl groups is 2.